The molecule has 0 atom stereocenters. The van der Waals surface area contributed by atoms with E-state index in [0.29, 0.717) is 16.1 Å². The van der Waals surface area contributed by atoms with E-state index in [-0.39, 0.29) is 17.3 Å². The molecule has 25 heavy (non-hydrogen) atoms. The van der Waals surface area contributed by atoms with Gasteiger partial charge < -0.3 is 4.90 Å². The minimum Gasteiger partial charge on any atom is -0.339 e. The molecule has 132 valence electrons. The zero-order valence-electron chi connectivity index (χ0n) is 13.6. The molecular weight excluding hydrogens is 360 g/mol. The van der Waals surface area contributed by atoms with E-state index in [0.717, 1.165) is 25.9 Å². The van der Waals surface area contributed by atoms with Crippen molar-refractivity contribution in [1.29, 1.82) is 0 Å². The lowest BCUT2D eigenvalue weighted by atomic mass is 10.2. The molecule has 0 bridgehead atoms. The van der Waals surface area contributed by atoms with Crippen molar-refractivity contribution in [1.82, 2.24) is 9.62 Å². The van der Waals surface area contributed by atoms with Crippen LogP contribution >= 0.6 is 11.6 Å². The van der Waals surface area contributed by atoms with Crippen molar-refractivity contribution in [2.24, 2.45) is 0 Å². The first-order valence-electron chi connectivity index (χ1n) is 8.10. The Morgan fingerprint density at radius 1 is 1.04 bits per heavy atom. The third-order valence-electron chi connectivity index (χ3n) is 4.22. The average Bonchev–Trinajstić information content (AvgIpc) is 3.15. The van der Waals surface area contributed by atoms with Gasteiger partial charge in [-0.05, 0) is 48.7 Å². The summed E-state index contributed by atoms with van der Waals surface area (Å²) in [4.78, 5) is 14.2. The highest BCUT2D eigenvalue weighted by atomic mass is 35.5. The van der Waals surface area contributed by atoms with E-state index in [1.165, 1.54) is 12.1 Å². The van der Waals surface area contributed by atoms with E-state index in [9.17, 15) is 13.2 Å². The first-order valence-corrected chi connectivity index (χ1v) is 9.96. The molecule has 3 rings (SSSR count). The quantitative estimate of drug-likeness (QED) is 0.869. The number of halogens is 1. The van der Waals surface area contributed by atoms with Gasteiger partial charge in [0.1, 0.15) is 0 Å². The molecule has 0 aliphatic carbocycles. The number of benzene rings is 2. The molecule has 2 aromatic carbocycles. The summed E-state index contributed by atoms with van der Waals surface area (Å²) in [5.74, 6) is -0.0505. The van der Waals surface area contributed by atoms with Gasteiger partial charge in [-0.1, -0.05) is 29.8 Å². The molecule has 1 N–H and O–H groups in total. The van der Waals surface area contributed by atoms with Gasteiger partial charge in [0.15, 0.2) is 0 Å². The molecule has 0 unspecified atom stereocenters. The molecule has 0 spiro atoms. The molecule has 0 aromatic heterocycles. The lowest BCUT2D eigenvalue weighted by molar-refractivity contribution is 0.0792. The Morgan fingerprint density at radius 3 is 2.32 bits per heavy atom. The maximum atomic E-state index is 12.4. The van der Waals surface area contributed by atoms with E-state index in [1.807, 2.05) is 0 Å². The van der Waals surface area contributed by atoms with Crippen LogP contribution in [0, 0.1) is 0 Å². The van der Waals surface area contributed by atoms with Gasteiger partial charge in [0.05, 0.1) is 4.90 Å². The summed E-state index contributed by atoms with van der Waals surface area (Å²) in [6.45, 7) is 1.63. The van der Waals surface area contributed by atoms with Crippen LogP contribution in [-0.2, 0) is 16.6 Å². The molecule has 7 heteroatoms. The minimum absolute atomic E-state index is 0.0505. The number of rotatable bonds is 5. The fraction of sp³-hybridized carbons (Fsp3) is 0.278. The highest BCUT2D eigenvalue weighted by Gasteiger charge is 2.20. The lowest BCUT2D eigenvalue weighted by Gasteiger charge is -2.15. The number of hydrogen-bond donors (Lipinski definition) is 1. The van der Waals surface area contributed by atoms with Gasteiger partial charge in [0.2, 0.25) is 10.0 Å². The summed E-state index contributed by atoms with van der Waals surface area (Å²) in [5, 5.41) is 0.511. The Balaban J connectivity index is 1.70. The number of likely N-dealkylation sites (tertiary alicyclic amines) is 1. The molecule has 1 aliphatic heterocycles. The molecule has 5 nitrogen and oxygen atoms in total. The van der Waals surface area contributed by atoms with Crippen LogP contribution in [0.25, 0.3) is 0 Å². The molecule has 0 radical (unpaired) electrons. The van der Waals surface area contributed by atoms with E-state index in [2.05, 4.69) is 4.72 Å². The fourth-order valence-corrected chi connectivity index (χ4v) is 3.99. The van der Waals surface area contributed by atoms with Crippen LogP contribution in [0.2, 0.25) is 5.02 Å². The molecule has 1 saturated heterocycles. The second-order valence-electron chi connectivity index (χ2n) is 5.94. The SMILES string of the molecule is O=C(c1ccc(S(=O)(=O)NCc2ccccc2Cl)cc1)N1CCCC1. The van der Waals surface area contributed by atoms with Crippen LogP contribution in [0.15, 0.2) is 53.4 Å². The van der Waals surface area contributed by atoms with E-state index >= 15 is 0 Å². The van der Waals surface area contributed by atoms with Crippen LogP contribution in [0.1, 0.15) is 28.8 Å². The van der Waals surface area contributed by atoms with Gasteiger partial charge >= 0.3 is 0 Å². The largest absolute Gasteiger partial charge is 0.339 e. The maximum absolute atomic E-state index is 12.4. The summed E-state index contributed by atoms with van der Waals surface area (Å²) in [6.07, 6.45) is 2.04. The Morgan fingerprint density at radius 2 is 1.68 bits per heavy atom. The topological polar surface area (TPSA) is 66.5 Å². The van der Waals surface area contributed by atoms with Crippen molar-refractivity contribution in [3.63, 3.8) is 0 Å². The standard InChI is InChI=1S/C18H19ClN2O3S/c19-17-6-2-1-5-15(17)13-20-25(23,24)16-9-7-14(8-10-16)18(22)21-11-3-4-12-21/h1-2,5-10,20H,3-4,11-13H2. The summed E-state index contributed by atoms with van der Waals surface area (Å²) < 4.78 is 27.3. The van der Waals surface area contributed by atoms with Crippen LogP contribution in [0.5, 0.6) is 0 Å². The summed E-state index contributed by atoms with van der Waals surface area (Å²) in [7, 11) is -3.67. The number of carbonyl (C=O) groups is 1. The Bertz CT molecular complexity index is 860. The highest BCUT2D eigenvalue weighted by Crippen LogP contribution is 2.18. The predicted molar refractivity (Wildman–Crippen MR) is 97.1 cm³/mol. The number of nitrogens with one attached hydrogen (secondary N) is 1. The van der Waals surface area contributed by atoms with Crippen LogP contribution in [0.3, 0.4) is 0 Å². The van der Waals surface area contributed by atoms with E-state index < -0.39 is 10.0 Å². The van der Waals surface area contributed by atoms with Gasteiger partial charge in [-0.3, -0.25) is 4.79 Å². The van der Waals surface area contributed by atoms with Gasteiger partial charge in [0, 0.05) is 30.2 Å². The van der Waals surface area contributed by atoms with Gasteiger partial charge in [-0.2, -0.15) is 0 Å². The first-order chi connectivity index (χ1) is 12.0. The van der Waals surface area contributed by atoms with Gasteiger partial charge in [-0.25, -0.2) is 13.1 Å². The lowest BCUT2D eigenvalue weighted by Crippen LogP contribution is -2.27. The zero-order valence-corrected chi connectivity index (χ0v) is 15.2. The Labute approximate surface area is 152 Å². The summed E-state index contributed by atoms with van der Waals surface area (Å²) in [6, 6.07) is 13.1. The fourth-order valence-electron chi connectivity index (χ4n) is 2.78. The molecule has 1 amide bonds. The smallest absolute Gasteiger partial charge is 0.253 e. The maximum Gasteiger partial charge on any atom is 0.253 e. The van der Waals surface area contributed by atoms with E-state index in [4.69, 9.17) is 11.6 Å². The number of nitrogens with zero attached hydrogens (tertiary/aromatic N) is 1. The summed E-state index contributed by atoms with van der Waals surface area (Å²) >= 11 is 6.04. The summed E-state index contributed by atoms with van der Waals surface area (Å²) in [5.41, 5.74) is 1.21. The van der Waals surface area contributed by atoms with Crippen molar-refractivity contribution in [3.8, 4) is 0 Å². The minimum atomic E-state index is -3.67. The van der Waals surface area contributed by atoms with Crippen molar-refractivity contribution in [2.75, 3.05) is 13.1 Å². The Kier molecular flexibility index (Phi) is 5.42. The van der Waals surface area contributed by atoms with Crippen molar-refractivity contribution in [3.05, 3.63) is 64.7 Å². The van der Waals surface area contributed by atoms with E-state index in [1.54, 1.807) is 41.3 Å². The molecule has 1 fully saturated rings. The molecule has 2 aromatic rings. The van der Waals surface area contributed by atoms with Crippen LogP contribution in [0.4, 0.5) is 0 Å². The normalized spacial score (nSPS) is 14.7. The van der Waals surface area contributed by atoms with Crippen LogP contribution < -0.4 is 4.72 Å². The molecule has 1 aliphatic rings. The van der Waals surface area contributed by atoms with Gasteiger partial charge in [-0.15, -0.1) is 0 Å². The average molecular weight is 379 g/mol. The number of amides is 1. The predicted octanol–water partition coefficient (Wildman–Crippen LogP) is 3.05. The van der Waals surface area contributed by atoms with Crippen molar-refractivity contribution < 1.29 is 13.2 Å². The number of carbonyl (C=O) groups excluding carboxylic acids is 1. The molecular formula is C18H19ClN2O3S. The first kappa shape index (κ1) is 17.9. The van der Waals surface area contributed by atoms with Gasteiger partial charge in [0.25, 0.3) is 5.91 Å². The highest BCUT2D eigenvalue weighted by molar-refractivity contribution is 7.89. The monoisotopic (exact) mass is 378 g/mol. The molecule has 0 saturated carbocycles. The zero-order chi connectivity index (χ0) is 17.9. The third-order valence-corrected chi connectivity index (χ3v) is 6.00. The second-order valence-corrected chi connectivity index (χ2v) is 8.11. The second kappa shape index (κ2) is 7.56. The van der Waals surface area contributed by atoms with Crippen LogP contribution in [-0.4, -0.2) is 32.3 Å². The Hall–Kier alpha value is -1.89. The third kappa shape index (κ3) is 4.21. The number of sulfonamides is 1. The van der Waals surface area contributed by atoms with Crippen molar-refractivity contribution >= 4 is 27.5 Å². The molecule has 1 heterocycles. The van der Waals surface area contributed by atoms with Crippen molar-refractivity contribution in [2.45, 2.75) is 24.3 Å². The number of hydrogen-bond acceptors (Lipinski definition) is 3.